The van der Waals surface area contributed by atoms with E-state index in [4.69, 9.17) is 5.26 Å². The van der Waals surface area contributed by atoms with E-state index in [0.29, 0.717) is 0 Å². The molecule has 0 fully saturated rings. The highest BCUT2D eigenvalue weighted by atomic mass is 79.9. The van der Waals surface area contributed by atoms with Gasteiger partial charge in [0.15, 0.2) is 0 Å². The summed E-state index contributed by atoms with van der Waals surface area (Å²) in [7, 11) is 0. The van der Waals surface area contributed by atoms with Gasteiger partial charge in [-0.3, -0.25) is 0 Å². The third kappa shape index (κ3) is 1.35. The fraction of sp³-hybridized carbons (Fsp3) is 0.182. The number of aryl methyl sites for hydroxylation is 1. The van der Waals surface area contributed by atoms with Crippen molar-refractivity contribution in [2.45, 2.75) is 13.3 Å². The lowest BCUT2D eigenvalue weighted by Crippen LogP contribution is -1.83. The summed E-state index contributed by atoms with van der Waals surface area (Å²) in [6.45, 7) is 2.12. The van der Waals surface area contributed by atoms with Crippen molar-refractivity contribution in [2.75, 3.05) is 0 Å². The van der Waals surface area contributed by atoms with Crippen molar-refractivity contribution in [1.29, 1.82) is 5.26 Å². The molecule has 0 spiro atoms. The van der Waals surface area contributed by atoms with Crippen LogP contribution in [0.5, 0.6) is 0 Å². The van der Waals surface area contributed by atoms with Gasteiger partial charge < -0.3 is 0 Å². The summed E-state index contributed by atoms with van der Waals surface area (Å²) in [5, 5.41) is 11.9. The van der Waals surface area contributed by atoms with Crippen LogP contribution in [0, 0.1) is 11.3 Å². The number of nitriles is 1. The number of halogens is 1. The summed E-state index contributed by atoms with van der Waals surface area (Å²) >= 11 is 5.19. The maximum Gasteiger partial charge on any atom is 0.101 e. The van der Waals surface area contributed by atoms with Crippen LogP contribution in [0.2, 0.25) is 0 Å². The zero-order valence-corrected chi connectivity index (χ0v) is 10.1. The highest BCUT2D eigenvalue weighted by Crippen LogP contribution is 2.34. The standard InChI is InChI=1S/C11H8BrNS/c1-2-7-3-4-9-10(11(7)12)8(5-13)6-14-9/h3-4,6H,2H2,1H3. The maximum atomic E-state index is 8.95. The first-order valence-electron chi connectivity index (χ1n) is 4.36. The molecule has 0 aliphatic heterocycles. The van der Waals surface area contributed by atoms with Gasteiger partial charge in [-0.1, -0.05) is 13.0 Å². The molecule has 0 amide bonds. The van der Waals surface area contributed by atoms with E-state index in [1.165, 1.54) is 10.3 Å². The SMILES string of the molecule is CCc1ccc2scc(C#N)c2c1Br. The van der Waals surface area contributed by atoms with Crippen LogP contribution in [0.4, 0.5) is 0 Å². The van der Waals surface area contributed by atoms with Crippen molar-refractivity contribution in [1.82, 2.24) is 0 Å². The third-order valence-corrected chi connectivity index (χ3v) is 4.11. The number of hydrogen-bond acceptors (Lipinski definition) is 2. The molecule has 2 aromatic rings. The van der Waals surface area contributed by atoms with Gasteiger partial charge in [0, 0.05) is 19.9 Å². The van der Waals surface area contributed by atoms with Crippen LogP contribution in [-0.4, -0.2) is 0 Å². The van der Waals surface area contributed by atoms with Gasteiger partial charge in [-0.05, 0) is 34.0 Å². The van der Waals surface area contributed by atoms with Gasteiger partial charge in [0.25, 0.3) is 0 Å². The minimum Gasteiger partial charge on any atom is -0.192 e. The monoisotopic (exact) mass is 265 g/mol. The summed E-state index contributed by atoms with van der Waals surface area (Å²) in [4.78, 5) is 0. The Labute approximate surface area is 95.1 Å². The molecule has 0 aliphatic carbocycles. The molecule has 14 heavy (non-hydrogen) atoms. The molecule has 3 heteroatoms. The normalized spacial score (nSPS) is 10.4. The van der Waals surface area contributed by atoms with Gasteiger partial charge in [0.05, 0.1) is 5.56 Å². The second-order valence-electron chi connectivity index (χ2n) is 3.03. The molecule has 0 N–H and O–H groups in total. The molecule has 1 heterocycles. The Kier molecular flexibility index (Phi) is 2.58. The minimum absolute atomic E-state index is 0.771. The number of rotatable bonds is 1. The van der Waals surface area contributed by atoms with Gasteiger partial charge in [-0.2, -0.15) is 5.26 Å². The summed E-state index contributed by atoms with van der Waals surface area (Å²) in [6, 6.07) is 6.43. The zero-order chi connectivity index (χ0) is 10.1. The molecule has 1 aromatic heterocycles. The summed E-state index contributed by atoms with van der Waals surface area (Å²) in [5.41, 5.74) is 2.03. The highest BCUT2D eigenvalue weighted by Gasteiger charge is 2.09. The van der Waals surface area contributed by atoms with Crippen molar-refractivity contribution in [2.24, 2.45) is 0 Å². The van der Waals surface area contributed by atoms with E-state index < -0.39 is 0 Å². The Morgan fingerprint density at radius 2 is 2.29 bits per heavy atom. The second kappa shape index (κ2) is 3.72. The van der Waals surface area contributed by atoms with Crippen LogP contribution >= 0.6 is 27.3 Å². The smallest absolute Gasteiger partial charge is 0.101 e. The number of nitrogens with zero attached hydrogens (tertiary/aromatic N) is 1. The predicted octanol–water partition coefficient (Wildman–Crippen LogP) is 4.10. The number of fused-ring (bicyclic) bond motifs is 1. The van der Waals surface area contributed by atoms with Gasteiger partial charge in [-0.25, -0.2) is 0 Å². The van der Waals surface area contributed by atoms with Gasteiger partial charge in [0.2, 0.25) is 0 Å². The first-order valence-corrected chi connectivity index (χ1v) is 6.04. The average Bonchev–Trinajstić information content (AvgIpc) is 2.62. The molecular formula is C11H8BrNS. The molecular weight excluding hydrogens is 258 g/mol. The molecule has 0 atom stereocenters. The van der Waals surface area contributed by atoms with Crippen LogP contribution in [0.25, 0.3) is 10.1 Å². The predicted molar refractivity (Wildman–Crippen MR) is 63.6 cm³/mol. The number of thiophene rings is 1. The Hall–Kier alpha value is -0.850. The topological polar surface area (TPSA) is 23.8 Å². The lowest BCUT2D eigenvalue weighted by molar-refractivity contribution is 1.14. The van der Waals surface area contributed by atoms with E-state index in [1.807, 2.05) is 5.38 Å². The highest BCUT2D eigenvalue weighted by molar-refractivity contribution is 9.10. The Bertz CT molecular complexity index is 522. The van der Waals surface area contributed by atoms with Crippen LogP contribution in [0.15, 0.2) is 22.0 Å². The van der Waals surface area contributed by atoms with Crippen molar-refractivity contribution in [3.63, 3.8) is 0 Å². The van der Waals surface area contributed by atoms with Crippen molar-refractivity contribution in [3.8, 4) is 6.07 Å². The Morgan fingerprint density at radius 1 is 1.50 bits per heavy atom. The molecule has 0 bridgehead atoms. The third-order valence-electron chi connectivity index (χ3n) is 2.26. The summed E-state index contributed by atoms with van der Waals surface area (Å²) in [5.74, 6) is 0. The van der Waals surface area contributed by atoms with Crippen LogP contribution in [0.3, 0.4) is 0 Å². The van der Waals surface area contributed by atoms with Gasteiger partial charge >= 0.3 is 0 Å². The second-order valence-corrected chi connectivity index (χ2v) is 4.73. The molecule has 0 saturated heterocycles. The van der Waals surface area contributed by atoms with Gasteiger partial charge in [0.1, 0.15) is 6.07 Å². The maximum absolute atomic E-state index is 8.95. The fourth-order valence-electron chi connectivity index (χ4n) is 1.49. The number of benzene rings is 1. The molecule has 0 radical (unpaired) electrons. The largest absolute Gasteiger partial charge is 0.192 e. The molecule has 1 aromatic carbocycles. The molecule has 0 saturated carbocycles. The quantitative estimate of drug-likeness (QED) is 0.762. The Morgan fingerprint density at radius 3 is 2.93 bits per heavy atom. The minimum atomic E-state index is 0.771. The van der Waals surface area contributed by atoms with E-state index in [0.717, 1.165) is 21.8 Å². The van der Waals surface area contributed by atoms with Crippen LogP contribution in [0.1, 0.15) is 18.1 Å². The number of hydrogen-bond donors (Lipinski definition) is 0. The van der Waals surface area contributed by atoms with Crippen molar-refractivity contribution >= 4 is 37.4 Å². The van der Waals surface area contributed by atoms with Crippen molar-refractivity contribution < 1.29 is 0 Å². The van der Waals surface area contributed by atoms with Crippen LogP contribution in [-0.2, 0) is 6.42 Å². The lowest BCUT2D eigenvalue weighted by Gasteiger charge is -2.02. The van der Waals surface area contributed by atoms with Crippen LogP contribution < -0.4 is 0 Å². The van der Waals surface area contributed by atoms with E-state index in [1.54, 1.807) is 11.3 Å². The zero-order valence-electron chi connectivity index (χ0n) is 7.67. The van der Waals surface area contributed by atoms with Crippen molar-refractivity contribution in [3.05, 3.63) is 33.1 Å². The first kappa shape index (κ1) is 9.70. The summed E-state index contributed by atoms with van der Waals surface area (Å²) in [6.07, 6.45) is 0.983. The van der Waals surface area contributed by atoms with E-state index >= 15 is 0 Å². The molecule has 70 valence electrons. The van der Waals surface area contributed by atoms with Gasteiger partial charge in [-0.15, -0.1) is 11.3 Å². The molecule has 2 rings (SSSR count). The lowest BCUT2D eigenvalue weighted by atomic mass is 10.1. The fourth-order valence-corrected chi connectivity index (χ4v) is 3.35. The van der Waals surface area contributed by atoms with E-state index in [2.05, 4.69) is 41.1 Å². The van der Waals surface area contributed by atoms with E-state index in [9.17, 15) is 0 Å². The molecule has 1 nitrogen and oxygen atoms in total. The molecule has 0 unspecified atom stereocenters. The Balaban J connectivity index is 2.85. The first-order chi connectivity index (χ1) is 6.77. The summed E-state index contributed by atoms with van der Waals surface area (Å²) < 4.78 is 2.25. The molecule has 0 aliphatic rings. The average molecular weight is 266 g/mol. The van der Waals surface area contributed by atoms with E-state index in [-0.39, 0.29) is 0 Å².